The van der Waals surface area contributed by atoms with E-state index in [1.54, 1.807) is 18.3 Å². The Morgan fingerprint density at radius 3 is 2.74 bits per heavy atom. The number of amides is 1. The molecule has 1 aromatic rings. The lowest BCUT2D eigenvalue weighted by molar-refractivity contribution is 0.0814. The molecule has 0 saturated carbocycles. The van der Waals surface area contributed by atoms with Crippen LogP contribution in [0.5, 0.6) is 5.88 Å². The maximum Gasteiger partial charge on any atom is 0.256 e. The molecular weight excluding hydrogens is 244 g/mol. The lowest BCUT2D eigenvalue weighted by Crippen LogP contribution is -2.36. The molecule has 106 valence electrons. The molecule has 0 saturated heterocycles. The molecule has 1 aromatic heterocycles. The summed E-state index contributed by atoms with van der Waals surface area (Å²) < 4.78 is 5.03. The number of carbonyl (C=O) groups excluding carboxylic acids is 1. The summed E-state index contributed by atoms with van der Waals surface area (Å²) in [6, 6.07) is 3.32. The van der Waals surface area contributed by atoms with Crippen molar-refractivity contribution in [1.29, 1.82) is 0 Å². The van der Waals surface area contributed by atoms with Gasteiger partial charge in [0.15, 0.2) is 0 Å². The second-order valence-electron chi connectivity index (χ2n) is 4.41. The summed E-state index contributed by atoms with van der Waals surface area (Å²) in [7, 11) is 1.47. The minimum atomic E-state index is -0.526. The summed E-state index contributed by atoms with van der Waals surface area (Å²) in [6.45, 7) is 4.30. The predicted octanol–water partition coefficient (Wildman–Crippen LogP) is 1.62. The summed E-state index contributed by atoms with van der Waals surface area (Å²) in [5, 5.41) is 12.7. The Kier molecular flexibility index (Phi) is 6.29. The Morgan fingerprint density at radius 1 is 1.47 bits per heavy atom. The lowest BCUT2D eigenvalue weighted by Gasteiger charge is -2.20. The van der Waals surface area contributed by atoms with Crippen LogP contribution < -0.4 is 10.1 Å². The zero-order valence-electron chi connectivity index (χ0n) is 11.7. The summed E-state index contributed by atoms with van der Waals surface area (Å²) in [4.78, 5) is 16.0. The number of rotatable bonds is 7. The largest absolute Gasteiger partial charge is 0.480 e. The molecule has 1 unspecified atom stereocenters. The van der Waals surface area contributed by atoms with Crippen molar-refractivity contribution in [3.63, 3.8) is 0 Å². The van der Waals surface area contributed by atoms with E-state index in [1.807, 2.05) is 13.8 Å². The van der Waals surface area contributed by atoms with Gasteiger partial charge in [-0.25, -0.2) is 4.98 Å². The number of nitrogens with one attached hydrogen (secondary N) is 1. The summed E-state index contributed by atoms with van der Waals surface area (Å²) in [6.07, 6.45) is 2.82. The Bertz CT molecular complexity index is 405. The van der Waals surface area contributed by atoms with E-state index < -0.39 is 6.10 Å². The van der Waals surface area contributed by atoms with E-state index in [0.717, 1.165) is 12.8 Å². The van der Waals surface area contributed by atoms with E-state index in [1.165, 1.54) is 7.11 Å². The molecule has 1 heterocycles. The van der Waals surface area contributed by atoms with Gasteiger partial charge in [0, 0.05) is 12.7 Å². The normalized spacial score (nSPS) is 12.3. The highest BCUT2D eigenvalue weighted by Crippen LogP contribution is 2.15. The fourth-order valence-corrected chi connectivity index (χ4v) is 2.02. The van der Waals surface area contributed by atoms with Gasteiger partial charge in [-0.15, -0.1) is 0 Å². The van der Waals surface area contributed by atoms with Crippen LogP contribution in [0.3, 0.4) is 0 Å². The second-order valence-corrected chi connectivity index (χ2v) is 4.41. The molecule has 1 atom stereocenters. The average Bonchev–Trinajstić information content (AvgIpc) is 2.45. The molecule has 1 amide bonds. The van der Waals surface area contributed by atoms with Crippen molar-refractivity contribution in [3.8, 4) is 5.88 Å². The van der Waals surface area contributed by atoms with E-state index in [2.05, 4.69) is 10.3 Å². The molecule has 0 radical (unpaired) electrons. The first kappa shape index (κ1) is 15.4. The highest BCUT2D eigenvalue weighted by atomic mass is 16.5. The number of ether oxygens (including phenoxy) is 1. The van der Waals surface area contributed by atoms with Gasteiger partial charge in [-0.05, 0) is 18.1 Å². The Morgan fingerprint density at radius 2 is 2.16 bits per heavy atom. The minimum absolute atomic E-state index is 0.205. The quantitative estimate of drug-likeness (QED) is 0.786. The van der Waals surface area contributed by atoms with Crippen molar-refractivity contribution in [2.24, 2.45) is 5.92 Å². The molecule has 5 nitrogen and oxygen atoms in total. The first-order valence-electron chi connectivity index (χ1n) is 6.59. The molecule has 2 N–H and O–H groups in total. The van der Waals surface area contributed by atoms with Crippen molar-refractivity contribution in [3.05, 3.63) is 23.9 Å². The zero-order valence-corrected chi connectivity index (χ0v) is 11.7. The summed E-state index contributed by atoms with van der Waals surface area (Å²) >= 11 is 0. The number of aliphatic hydroxyl groups is 1. The Balaban J connectivity index is 2.60. The van der Waals surface area contributed by atoms with Crippen LogP contribution in [-0.2, 0) is 0 Å². The maximum atomic E-state index is 12.0. The molecule has 5 heteroatoms. The standard InChI is InChI=1S/C14H22N2O3/c1-4-10(5-2)12(17)9-16-13(18)11-7-6-8-15-14(11)19-3/h6-8,10,12,17H,4-5,9H2,1-3H3,(H,16,18). The molecule has 0 aliphatic carbocycles. The van der Waals surface area contributed by atoms with Crippen molar-refractivity contribution in [2.75, 3.05) is 13.7 Å². The van der Waals surface area contributed by atoms with Gasteiger partial charge >= 0.3 is 0 Å². The number of aliphatic hydroxyl groups excluding tert-OH is 1. The number of hydrogen-bond acceptors (Lipinski definition) is 4. The number of hydrogen-bond donors (Lipinski definition) is 2. The second kappa shape index (κ2) is 7.74. The fourth-order valence-electron chi connectivity index (χ4n) is 2.02. The summed E-state index contributed by atoms with van der Waals surface area (Å²) in [5.41, 5.74) is 0.377. The highest BCUT2D eigenvalue weighted by Gasteiger charge is 2.18. The van der Waals surface area contributed by atoms with Crippen LogP contribution in [0.2, 0.25) is 0 Å². The molecular formula is C14H22N2O3. The fraction of sp³-hybridized carbons (Fsp3) is 0.571. The monoisotopic (exact) mass is 266 g/mol. The van der Waals surface area contributed by atoms with E-state index in [-0.39, 0.29) is 24.2 Å². The zero-order chi connectivity index (χ0) is 14.3. The third kappa shape index (κ3) is 4.21. The smallest absolute Gasteiger partial charge is 0.256 e. The van der Waals surface area contributed by atoms with Gasteiger partial charge in [0.25, 0.3) is 5.91 Å². The van der Waals surface area contributed by atoms with E-state index >= 15 is 0 Å². The van der Waals surface area contributed by atoms with Crippen LogP contribution in [0.1, 0.15) is 37.0 Å². The van der Waals surface area contributed by atoms with Crippen molar-refractivity contribution in [1.82, 2.24) is 10.3 Å². The van der Waals surface area contributed by atoms with Gasteiger partial charge < -0.3 is 15.2 Å². The number of carbonyl (C=O) groups is 1. The molecule has 0 fully saturated rings. The van der Waals surface area contributed by atoms with Crippen molar-refractivity contribution >= 4 is 5.91 Å². The molecule has 0 aliphatic heterocycles. The van der Waals surface area contributed by atoms with Gasteiger partial charge in [0.05, 0.1) is 13.2 Å². The number of methoxy groups -OCH3 is 1. The highest BCUT2D eigenvalue weighted by molar-refractivity contribution is 5.96. The van der Waals surface area contributed by atoms with Gasteiger partial charge in [-0.3, -0.25) is 4.79 Å². The molecule has 1 rings (SSSR count). The van der Waals surface area contributed by atoms with Crippen molar-refractivity contribution < 1.29 is 14.6 Å². The topological polar surface area (TPSA) is 71.5 Å². The van der Waals surface area contributed by atoms with Gasteiger partial charge in [-0.1, -0.05) is 26.7 Å². The van der Waals surface area contributed by atoms with Crippen LogP contribution in [0.4, 0.5) is 0 Å². The van der Waals surface area contributed by atoms with E-state index in [0.29, 0.717) is 5.56 Å². The van der Waals surface area contributed by atoms with Crippen molar-refractivity contribution in [2.45, 2.75) is 32.8 Å². The average molecular weight is 266 g/mol. The predicted molar refractivity (Wildman–Crippen MR) is 73.2 cm³/mol. The van der Waals surface area contributed by atoms with Crippen LogP contribution in [0, 0.1) is 5.92 Å². The summed E-state index contributed by atoms with van der Waals surface area (Å²) in [5.74, 6) is 0.211. The van der Waals surface area contributed by atoms with E-state index in [4.69, 9.17) is 4.74 Å². The molecule has 0 aromatic carbocycles. The first-order valence-corrected chi connectivity index (χ1v) is 6.59. The molecule has 19 heavy (non-hydrogen) atoms. The minimum Gasteiger partial charge on any atom is -0.480 e. The van der Waals surface area contributed by atoms with Crippen LogP contribution in [0.15, 0.2) is 18.3 Å². The third-order valence-electron chi connectivity index (χ3n) is 3.27. The molecule has 0 spiro atoms. The number of pyridine rings is 1. The van der Waals surface area contributed by atoms with Crippen LogP contribution in [-0.4, -0.2) is 35.8 Å². The molecule has 0 aliphatic rings. The Labute approximate surface area is 114 Å². The molecule has 0 bridgehead atoms. The SMILES string of the molecule is CCC(CC)C(O)CNC(=O)c1cccnc1OC. The first-order chi connectivity index (χ1) is 9.13. The van der Waals surface area contributed by atoms with Gasteiger partial charge in [-0.2, -0.15) is 0 Å². The number of nitrogens with zero attached hydrogens (tertiary/aromatic N) is 1. The van der Waals surface area contributed by atoms with E-state index in [9.17, 15) is 9.90 Å². The maximum absolute atomic E-state index is 12.0. The van der Waals surface area contributed by atoms with Gasteiger partial charge in [0.1, 0.15) is 5.56 Å². The third-order valence-corrected chi connectivity index (χ3v) is 3.27. The van der Waals surface area contributed by atoms with Crippen LogP contribution >= 0.6 is 0 Å². The van der Waals surface area contributed by atoms with Crippen LogP contribution in [0.25, 0.3) is 0 Å². The Hall–Kier alpha value is -1.62. The van der Waals surface area contributed by atoms with Gasteiger partial charge in [0.2, 0.25) is 5.88 Å². The number of aromatic nitrogens is 1. The lowest BCUT2D eigenvalue weighted by atomic mass is 9.96.